The highest BCUT2D eigenvalue weighted by Crippen LogP contribution is 2.25. The zero-order chi connectivity index (χ0) is 15.6. The van der Waals surface area contributed by atoms with Crippen molar-refractivity contribution in [2.75, 3.05) is 12.4 Å². The summed E-state index contributed by atoms with van der Waals surface area (Å²) >= 11 is 3.17. The van der Waals surface area contributed by atoms with Crippen molar-refractivity contribution in [1.82, 2.24) is 0 Å². The average Bonchev–Trinajstić information content (AvgIpc) is 2.48. The Morgan fingerprint density at radius 2 is 1.86 bits per heavy atom. The molecule has 1 N–H and O–H groups in total. The number of hydrogen-bond donors (Lipinski definition) is 1. The van der Waals surface area contributed by atoms with Gasteiger partial charge >= 0.3 is 0 Å². The van der Waals surface area contributed by atoms with E-state index < -0.39 is 29.0 Å². The fourth-order valence-corrected chi connectivity index (χ4v) is 2.04. The summed E-state index contributed by atoms with van der Waals surface area (Å²) in [6.45, 7) is 0. The van der Waals surface area contributed by atoms with Crippen molar-refractivity contribution in [3.8, 4) is 5.75 Å². The van der Waals surface area contributed by atoms with Gasteiger partial charge in [0.25, 0.3) is 5.91 Å². The molecule has 0 unspecified atom stereocenters. The van der Waals surface area contributed by atoms with Gasteiger partial charge in [0.15, 0.2) is 17.5 Å². The maximum atomic E-state index is 13.5. The van der Waals surface area contributed by atoms with Crippen molar-refractivity contribution < 1.29 is 22.7 Å². The standard InChI is InChI=1S/C14H9BrF3NO2/c1-21-7-2-3-9(15)8(6-7)14(20)19-11-5-4-10(16)12(17)13(11)18/h2-6H,1H3,(H,19,20). The fourth-order valence-electron chi connectivity index (χ4n) is 1.62. The first-order chi connectivity index (χ1) is 9.93. The lowest BCUT2D eigenvalue weighted by atomic mass is 10.2. The third kappa shape index (κ3) is 3.18. The molecule has 0 bridgehead atoms. The lowest BCUT2D eigenvalue weighted by Crippen LogP contribution is -2.14. The van der Waals surface area contributed by atoms with Crippen LogP contribution in [0.2, 0.25) is 0 Å². The number of benzene rings is 2. The molecule has 2 aromatic carbocycles. The van der Waals surface area contributed by atoms with E-state index in [4.69, 9.17) is 4.74 Å². The normalized spacial score (nSPS) is 10.3. The molecule has 0 fully saturated rings. The molecule has 0 aliphatic carbocycles. The Morgan fingerprint density at radius 3 is 2.52 bits per heavy atom. The number of rotatable bonds is 3. The Bertz CT molecular complexity index is 707. The number of carbonyl (C=O) groups excluding carboxylic acids is 1. The molecule has 2 aromatic rings. The smallest absolute Gasteiger partial charge is 0.257 e. The number of anilines is 1. The van der Waals surface area contributed by atoms with Gasteiger partial charge in [-0.1, -0.05) is 0 Å². The van der Waals surface area contributed by atoms with Crippen LogP contribution < -0.4 is 10.1 Å². The van der Waals surface area contributed by atoms with Crippen LogP contribution >= 0.6 is 15.9 Å². The molecule has 0 atom stereocenters. The van der Waals surface area contributed by atoms with E-state index in [9.17, 15) is 18.0 Å². The van der Waals surface area contributed by atoms with Crippen LogP contribution in [0, 0.1) is 17.5 Å². The molecule has 1 amide bonds. The Hall–Kier alpha value is -2.02. The van der Waals surface area contributed by atoms with Gasteiger partial charge in [-0.3, -0.25) is 4.79 Å². The van der Waals surface area contributed by atoms with Crippen molar-refractivity contribution in [3.63, 3.8) is 0 Å². The molecular formula is C14H9BrF3NO2. The van der Waals surface area contributed by atoms with Crippen LogP contribution in [0.3, 0.4) is 0 Å². The van der Waals surface area contributed by atoms with E-state index in [0.717, 1.165) is 12.1 Å². The van der Waals surface area contributed by atoms with E-state index in [2.05, 4.69) is 21.2 Å². The Morgan fingerprint density at radius 1 is 1.14 bits per heavy atom. The zero-order valence-electron chi connectivity index (χ0n) is 10.7. The molecule has 0 spiro atoms. The Kier molecular flexibility index (Phi) is 4.52. The van der Waals surface area contributed by atoms with Gasteiger partial charge in [-0.2, -0.15) is 0 Å². The molecule has 0 saturated heterocycles. The number of hydrogen-bond acceptors (Lipinski definition) is 2. The van der Waals surface area contributed by atoms with E-state index in [1.807, 2.05) is 0 Å². The van der Waals surface area contributed by atoms with Gasteiger partial charge < -0.3 is 10.1 Å². The van der Waals surface area contributed by atoms with Crippen molar-refractivity contribution in [1.29, 1.82) is 0 Å². The molecule has 0 radical (unpaired) electrons. The molecule has 0 saturated carbocycles. The molecule has 0 aliphatic heterocycles. The van der Waals surface area contributed by atoms with Crippen LogP contribution in [-0.2, 0) is 0 Å². The van der Waals surface area contributed by atoms with Crippen LogP contribution in [0.15, 0.2) is 34.8 Å². The highest BCUT2D eigenvalue weighted by molar-refractivity contribution is 9.10. The minimum Gasteiger partial charge on any atom is -0.497 e. The summed E-state index contributed by atoms with van der Waals surface area (Å²) in [5.74, 6) is -4.69. The van der Waals surface area contributed by atoms with E-state index in [-0.39, 0.29) is 5.56 Å². The van der Waals surface area contributed by atoms with Crippen molar-refractivity contribution in [2.45, 2.75) is 0 Å². The second-order valence-electron chi connectivity index (χ2n) is 4.02. The van der Waals surface area contributed by atoms with Gasteiger partial charge in [0.05, 0.1) is 18.4 Å². The van der Waals surface area contributed by atoms with Crippen LogP contribution in [0.4, 0.5) is 18.9 Å². The summed E-state index contributed by atoms with van der Waals surface area (Å²) in [6, 6.07) is 6.31. The number of amides is 1. The third-order valence-electron chi connectivity index (χ3n) is 2.70. The second kappa shape index (κ2) is 6.17. The van der Waals surface area contributed by atoms with Gasteiger partial charge in [-0.15, -0.1) is 0 Å². The molecule has 3 nitrogen and oxygen atoms in total. The topological polar surface area (TPSA) is 38.3 Å². The predicted octanol–water partition coefficient (Wildman–Crippen LogP) is 4.13. The van der Waals surface area contributed by atoms with E-state index >= 15 is 0 Å². The molecule has 110 valence electrons. The second-order valence-corrected chi connectivity index (χ2v) is 4.88. The number of nitrogens with one attached hydrogen (secondary N) is 1. The van der Waals surface area contributed by atoms with E-state index in [1.165, 1.54) is 13.2 Å². The summed E-state index contributed by atoms with van der Waals surface area (Å²) in [7, 11) is 1.43. The minimum atomic E-state index is -1.64. The molecule has 0 aromatic heterocycles. The van der Waals surface area contributed by atoms with Gasteiger partial charge in [-0.25, -0.2) is 13.2 Å². The lowest BCUT2D eigenvalue weighted by Gasteiger charge is -2.10. The zero-order valence-corrected chi connectivity index (χ0v) is 12.3. The number of halogens is 4. The van der Waals surface area contributed by atoms with E-state index in [0.29, 0.717) is 10.2 Å². The van der Waals surface area contributed by atoms with Gasteiger partial charge in [-0.05, 0) is 46.3 Å². The molecule has 7 heteroatoms. The maximum Gasteiger partial charge on any atom is 0.257 e. The summed E-state index contributed by atoms with van der Waals surface area (Å²) in [5, 5.41) is 2.18. The monoisotopic (exact) mass is 359 g/mol. The number of ether oxygens (including phenoxy) is 1. The minimum absolute atomic E-state index is 0.165. The first-order valence-electron chi connectivity index (χ1n) is 5.72. The first-order valence-corrected chi connectivity index (χ1v) is 6.51. The predicted molar refractivity (Wildman–Crippen MR) is 75.0 cm³/mol. The van der Waals surface area contributed by atoms with Crippen LogP contribution in [0.1, 0.15) is 10.4 Å². The summed E-state index contributed by atoms with van der Waals surface area (Å²) in [4.78, 5) is 12.1. The summed E-state index contributed by atoms with van der Waals surface area (Å²) < 4.78 is 44.9. The van der Waals surface area contributed by atoms with Crippen LogP contribution in [-0.4, -0.2) is 13.0 Å². The molecular weight excluding hydrogens is 351 g/mol. The third-order valence-corrected chi connectivity index (χ3v) is 3.39. The summed E-state index contributed by atoms with van der Waals surface area (Å²) in [6.07, 6.45) is 0. The quantitative estimate of drug-likeness (QED) is 0.836. The molecule has 2 rings (SSSR count). The van der Waals surface area contributed by atoms with Crippen LogP contribution in [0.5, 0.6) is 5.75 Å². The van der Waals surface area contributed by atoms with E-state index in [1.54, 1.807) is 12.1 Å². The SMILES string of the molecule is COc1ccc(Br)c(C(=O)Nc2ccc(F)c(F)c2F)c1. The molecule has 0 aliphatic rings. The lowest BCUT2D eigenvalue weighted by molar-refractivity contribution is 0.102. The fraction of sp³-hybridized carbons (Fsp3) is 0.0714. The Balaban J connectivity index is 2.32. The van der Waals surface area contributed by atoms with Gasteiger partial charge in [0.2, 0.25) is 0 Å². The number of carbonyl (C=O) groups is 1. The largest absolute Gasteiger partial charge is 0.497 e. The van der Waals surface area contributed by atoms with Crippen molar-refractivity contribution >= 4 is 27.5 Å². The van der Waals surface area contributed by atoms with Crippen molar-refractivity contribution in [3.05, 3.63) is 57.8 Å². The number of methoxy groups -OCH3 is 1. The Labute approximate surface area is 126 Å². The van der Waals surface area contributed by atoms with Gasteiger partial charge in [0, 0.05) is 4.47 Å². The van der Waals surface area contributed by atoms with Crippen LogP contribution in [0.25, 0.3) is 0 Å². The van der Waals surface area contributed by atoms with Crippen molar-refractivity contribution in [2.24, 2.45) is 0 Å². The highest BCUT2D eigenvalue weighted by Gasteiger charge is 2.17. The molecule has 21 heavy (non-hydrogen) atoms. The molecule has 0 heterocycles. The summed E-state index contributed by atoms with van der Waals surface area (Å²) in [5.41, 5.74) is -0.285. The van der Waals surface area contributed by atoms with Gasteiger partial charge in [0.1, 0.15) is 5.75 Å². The first kappa shape index (κ1) is 15.4. The highest BCUT2D eigenvalue weighted by atomic mass is 79.9. The maximum absolute atomic E-state index is 13.5. The average molecular weight is 360 g/mol.